The fraction of sp³-hybridized carbons (Fsp3) is 0.818. The van der Waals surface area contributed by atoms with Gasteiger partial charge in [-0.2, -0.15) is 0 Å². The van der Waals surface area contributed by atoms with Crippen molar-refractivity contribution in [2.24, 2.45) is 0 Å². The molecule has 0 spiro atoms. The Morgan fingerprint density at radius 2 is 0.592 bits per heavy atom. The summed E-state index contributed by atoms with van der Waals surface area (Å²) in [6, 6.07) is 9.68. The van der Waals surface area contributed by atoms with Gasteiger partial charge in [0.1, 0.15) is 0 Å². The zero-order valence-electron chi connectivity index (χ0n) is 32.4. The predicted octanol–water partition coefficient (Wildman–Crippen LogP) is 16.2. The first-order valence-corrected chi connectivity index (χ1v) is 27.4. The molecule has 2 rings (SSSR count). The van der Waals surface area contributed by atoms with Crippen LogP contribution in [-0.2, 0) is 0 Å². The molecule has 0 aliphatic carbocycles. The van der Waals surface area contributed by atoms with Crippen molar-refractivity contribution in [2.45, 2.75) is 228 Å². The van der Waals surface area contributed by atoms with Gasteiger partial charge in [-0.3, -0.25) is 0 Å². The van der Waals surface area contributed by atoms with Crippen LogP contribution in [0.4, 0.5) is 0 Å². The summed E-state index contributed by atoms with van der Waals surface area (Å²) in [4.78, 5) is 0. The molecule has 2 aromatic rings. The first-order chi connectivity index (χ1) is 24.3. The monoisotopic (exact) mass is 864 g/mol. The van der Waals surface area contributed by atoms with Gasteiger partial charge in [-0.25, -0.2) is 0 Å². The summed E-state index contributed by atoms with van der Waals surface area (Å²) >= 11 is 8.19. The van der Waals surface area contributed by atoms with Crippen LogP contribution >= 0.6 is 46.2 Å². The summed E-state index contributed by atoms with van der Waals surface area (Å²) in [6.45, 7) is 4.62. The van der Waals surface area contributed by atoms with Crippen molar-refractivity contribution >= 4 is 73.0 Å². The fourth-order valence-electron chi connectivity index (χ4n) is 6.62. The van der Waals surface area contributed by atoms with Crippen molar-refractivity contribution in [2.75, 3.05) is 11.5 Å². The molecule has 0 radical (unpaired) electrons. The van der Waals surface area contributed by atoms with Crippen LogP contribution in [0.5, 0.6) is 0 Å². The van der Waals surface area contributed by atoms with Crippen molar-refractivity contribution < 1.29 is 0 Å². The second kappa shape index (κ2) is 35.9. The quantitative estimate of drug-likeness (QED) is 0.0375. The molecule has 0 saturated carbocycles. The Morgan fingerprint density at radius 1 is 0.347 bits per heavy atom. The van der Waals surface area contributed by atoms with Crippen molar-refractivity contribution in [3.8, 4) is 0 Å². The van der Waals surface area contributed by atoms with Crippen LogP contribution in [0.25, 0.3) is 0 Å². The van der Waals surface area contributed by atoms with Crippen LogP contribution in [0.1, 0.15) is 219 Å². The minimum absolute atomic E-state index is 0.207. The molecule has 0 saturated heterocycles. The number of hydrogen-bond donors (Lipinski definition) is 0. The zero-order valence-corrected chi connectivity index (χ0v) is 38.0. The van der Waals surface area contributed by atoms with E-state index in [2.05, 4.69) is 84.3 Å². The number of unbranched alkanes of at least 4 members (excludes halogenated alkanes) is 30. The second-order valence-corrected chi connectivity index (χ2v) is 24.2. The average molecular weight is 863 g/mol. The van der Waals surface area contributed by atoms with Gasteiger partial charge in [-0.05, 0) is 0 Å². The number of rotatable bonds is 38. The summed E-state index contributed by atoms with van der Waals surface area (Å²) in [5, 5.41) is 0. The van der Waals surface area contributed by atoms with E-state index in [1.807, 2.05) is 0 Å². The number of thioether (sulfide) groups is 2. The molecule has 0 fully saturated rings. The van der Waals surface area contributed by atoms with Crippen LogP contribution in [-0.4, -0.2) is 32.4 Å². The van der Waals surface area contributed by atoms with Crippen LogP contribution in [0.15, 0.2) is 32.7 Å². The molecule has 0 nitrogen and oxygen atoms in total. The number of hydrogen-bond acceptors (Lipinski definition) is 4. The molecule has 0 N–H and O–H groups in total. The third kappa shape index (κ3) is 29.0. The Bertz CT molecular complexity index is 863. The van der Waals surface area contributed by atoms with E-state index in [4.69, 9.17) is 0 Å². The normalized spacial score (nSPS) is 11.6. The maximum atomic E-state index is 2.44. The molecular weight excluding hydrogens is 784 g/mol. The molecule has 5 heteroatoms. The second-order valence-electron chi connectivity index (χ2n) is 14.6. The van der Waals surface area contributed by atoms with Crippen LogP contribution in [0, 0.1) is 0 Å². The van der Waals surface area contributed by atoms with Gasteiger partial charge in [0.25, 0.3) is 0 Å². The van der Waals surface area contributed by atoms with Gasteiger partial charge >= 0.3 is 207 Å². The van der Waals surface area contributed by atoms with E-state index < -0.39 is 0 Å². The van der Waals surface area contributed by atoms with Crippen molar-refractivity contribution in [3.63, 3.8) is 0 Å². The molecular formula is C44H78S4Te. The van der Waals surface area contributed by atoms with Crippen LogP contribution in [0.3, 0.4) is 0 Å². The van der Waals surface area contributed by atoms with Crippen molar-refractivity contribution in [1.29, 1.82) is 0 Å². The standard InChI is InChI=1S/C44H78S4Te/c1-3-5-7-9-11-13-15-17-19-21-23-25-27-29-31-33-39-45-41-35-37-43(47-41)49-44-38-36-42(48-44)46-40-34-32-30-28-26-24-22-20-18-16-14-12-10-8-6-4-2/h35-38H,3-34,39-40H2,1-2H3. The summed E-state index contributed by atoms with van der Waals surface area (Å²) in [5.41, 5.74) is 0. The van der Waals surface area contributed by atoms with E-state index in [0.29, 0.717) is 0 Å². The van der Waals surface area contributed by atoms with Crippen molar-refractivity contribution in [1.82, 2.24) is 0 Å². The first kappa shape index (κ1) is 46.0. The summed E-state index contributed by atoms with van der Waals surface area (Å²) in [5.74, 6) is 2.61. The van der Waals surface area contributed by atoms with Gasteiger partial charge in [0.05, 0.1) is 0 Å². The summed E-state index contributed by atoms with van der Waals surface area (Å²) in [6.07, 6.45) is 46.5. The van der Waals surface area contributed by atoms with E-state index in [0.717, 1.165) is 0 Å². The molecule has 284 valence electrons. The Morgan fingerprint density at radius 3 is 0.857 bits per heavy atom. The molecule has 2 aromatic heterocycles. The molecule has 0 aromatic carbocycles. The van der Waals surface area contributed by atoms with Gasteiger partial charge < -0.3 is 0 Å². The summed E-state index contributed by atoms with van der Waals surface area (Å²) < 4.78 is 6.43. The third-order valence-electron chi connectivity index (χ3n) is 9.80. The molecule has 49 heavy (non-hydrogen) atoms. The third-order valence-corrected chi connectivity index (χ3v) is 18.7. The predicted molar refractivity (Wildman–Crippen MR) is 234 cm³/mol. The Kier molecular flexibility index (Phi) is 33.7. The minimum atomic E-state index is -0.207. The van der Waals surface area contributed by atoms with E-state index in [1.54, 1.807) is 14.3 Å². The molecule has 0 unspecified atom stereocenters. The van der Waals surface area contributed by atoms with E-state index in [9.17, 15) is 0 Å². The van der Waals surface area contributed by atoms with E-state index in [-0.39, 0.29) is 20.9 Å². The zero-order chi connectivity index (χ0) is 34.7. The van der Waals surface area contributed by atoms with E-state index in [1.165, 1.54) is 217 Å². The Hall–Kier alpha value is 0.890. The maximum absolute atomic E-state index is 2.44. The summed E-state index contributed by atoms with van der Waals surface area (Å²) in [7, 11) is 0. The average Bonchev–Trinajstić information content (AvgIpc) is 3.76. The molecule has 0 aliphatic heterocycles. The fourth-order valence-corrected chi connectivity index (χ4v) is 16.7. The Balaban J connectivity index is 1.34. The van der Waals surface area contributed by atoms with Gasteiger partial charge in [0.15, 0.2) is 0 Å². The SMILES string of the molecule is CCCCCCCCCCCCCCCCCCSc1ccc([Te]c2ccc(SCCCCCCCCCCCCCCCCCC)s2)s1. The van der Waals surface area contributed by atoms with Gasteiger partial charge in [0.2, 0.25) is 0 Å². The van der Waals surface area contributed by atoms with Crippen LogP contribution < -0.4 is 5.85 Å². The topological polar surface area (TPSA) is 0 Å². The van der Waals surface area contributed by atoms with Crippen molar-refractivity contribution in [3.05, 3.63) is 24.3 Å². The van der Waals surface area contributed by atoms with E-state index >= 15 is 0 Å². The molecule has 0 bridgehead atoms. The molecule has 0 atom stereocenters. The first-order valence-electron chi connectivity index (χ1n) is 21.4. The molecule has 0 amide bonds. The van der Waals surface area contributed by atoms with Gasteiger partial charge in [-0.15, -0.1) is 0 Å². The van der Waals surface area contributed by atoms with Gasteiger partial charge in [-0.1, -0.05) is 129 Å². The number of thiophene rings is 2. The Labute approximate surface area is 333 Å². The molecule has 2 heterocycles. The molecule has 0 aliphatic rings. The van der Waals surface area contributed by atoms with Crippen LogP contribution in [0.2, 0.25) is 0 Å². The van der Waals surface area contributed by atoms with Gasteiger partial charge in [0, 0.05) is 0 Å².